The smallest absolute Gasteiger partial charge is 0.0724 e. The monoisotopic (exact) mass is 302 g/mol. The molecular weight excluding hydrogens is 272 g/mol. The zero-order valence-corrected chi connectivity index (χ0v) is 13.7. The Labute approximate surface area is 134 Å². The summed E-state index contributed by atoms with van der Waals surface area (Å²) in [6.45, 7) is 5.05. The van der Waals surface area contributed by atoms with Crippen LogP contribution in [0.4, 0.5) is 0 Å². The van der Waals surface area contributed by atoms with E-state index in [0.29, 0.717) is 18.0 Å². The second-order valence-corrected chi connectivity index (χ2v) is 8.61. The van der Waals surface area contributed by atoms with Crippen molar-refractivity contribution in [3.63, 3.8) is 0 Å². The van der Waals surface area contributed by atoms with E-state index < -0.39 is 0 Å². The van der Waals surface area contributed by atoms with Gasteiger partial charge in [0.05, 0.1) is 6.10 Å². The van der Waals surface area contributed by atoms with Crippen LogP contribution in [0.3, 0.4) is 0 Å². The van der Waals surface area contributed by atoms with Crippen LogP contribution in [0, 0.1) is 23.7 Å². The highest BCUT2D eigenvalue weighted by atomic mass is 16.3. The lowest BCUT2D eigenvalue weighted by molar-refractivity contribution is -0.0437. The number of hydrogen-bond acceptors (Lipinski definition) is 3. The molecule has 4 aliphatic heterocycles. The Morgan fingerprint density at radius 1 is 1.27 bits per heavy atom. The maximum Gasteiger partial charge on any atom is 0.0724 e. The van der Waals surface area contributed by atoms with Crippen molar-refractivity contribution < 1.29 is 5.11 Å². The normalized spacial score (nSPS) is 56.1. The zero-order chi connectivity index (χ0) is 14.8. The number of aliphatic hydroxyl groups is 1. The Balaban J connectivity index is 1.50. The number of hydrogen-bond donors (Lipinski definition) is 2. The van der Waals surface area contributed by atoms with E-state index in [2.05, 4.69) is 23.2 Å². The van der Waals surface area contributed by atoms with Crippen LogP contribution >= 0.6 is 0 Å². The van der Waals surface area contributed by atoms with E-state index in [0.717, 1.165) is 36.6 Å². The molecule has 0 radical (unpaired) electrons. The molecule has 0 amide bonds. The highest BCUT2D eigenvalue weighted by Crippen LogP contribution is 2.51. The highest BCUT2D eigenvalue weighted by molar-refractivity contribution is 5.29. The van der Waals surface area contributed by atoms with Crippen molar-refractivity contribution in [3.05, 3.63) is 11.6 Å². The van der Waals surface area contributed by atoms with Crippen molar-refractivity contribution in [2.75, 3.05) is 13.1 Å². The number of nitrogens with one attached hydrogen (secondary N) is 1. The molecule has 122 valence electrons. The van der Waals surface area contributed by atoms with Gasteiger partial charge in [0, 0.05) is 24.7 Å². The summed E-state index contributed by atoms with van der Waals surface area (Å²) in [5.74, 6) is 3.43. The molecule has 2 aliphatic carbocycles. The number of fused-ring (bicyclic) bond motifs is 4. The first-order valence-electron chi connectivity index (χ1n) is 9.64. The number of aliphatic hydroxyl groups excluding tert-OH is 1. The maximum absolute atomic E-state index is 10.1. The summed E-state index contributed by atoms with van der Waals surface area (Å²) in [4.78, 5) is 2.85. The standard InChI is InChI=1S/C19H30N2O/c1-2-12-7-11-8-16-18-14(5-6-21(10-11)19(12)16)15-9-13(22)3-4-17(15)20-18/h9,11-14,16-20,22H,2-8,10H2,1H3/t11-,12-,13?,14?,16-,17?,18?,19?/m0/s1. The molecule has 0 aromatic carbocycles. The first-order chi connectivity index (χ1) is 10.7. The number of rotatable bonds is 1. The van der Waals surface area contributed by atoms with Crippen LogP contribution < -0.4 is 5.32 Å². The molecule has 0 spiro atoms. The molecule has 4 saturated heterocycles. The average molecular weight is 302 g/mol. The van der Waals surface area contributed by atoms with Gasteiger partial charge in [-0.2, -0.15) is 0 Å². The van der Waals surface area contributed by atoms with E-state index in [9.17, 15) is 5.11 Å². The van der Waals surface area contributed by atoms with Gasteiger partial charge in [-0.05, 0) is 62.3 Å². The summed E-state index contributed by atoms with van der Waals surface area (Å²) in [5, 5.41) is 14.1. The molecule has 0 aromatic rings. The lowest BCUT2D eigenvalue weighted by atomic mass is 9.63. The average Bonchev–Trinajstić information content (AvgIpc) is 2.85. The van der Waals surface area contributed by atoms with Crippen molar-refractivity contribution in [2.24, 2.45) is 23.7 Å². The lowest BCUT2D eigenvalue weighted by Crippen LogP contribution is -2.60. The van der Waals surface area contributed by atoms with E-state index in [4.69, 9.17) is 0 Å². The van der Waals surface area contributed by atoms with E-state index in [1.165, 1.54) is 38.8 Å². The Hall–Kier alpha value is -0.380. The third kappa shape index (κ3) is 1.91. The predicted octanol–water partition coefficient (Wildman–Crippen LogP) is 2.16. The molecule has 3 heteroatoms. The summed E-state index contributed by atoms with van der Waals surface area (Å²) in [6, 6.07) is 2.10. The van der Waals surface area contributed by atoms with Crippen LogP contribution in [-0.2, 0) is 0 Å². The molecule has 6 rings (SSSR count). The summed E-state index contributed by atoms with van der Waals surface area (Å²) in [7, 11) is 0. The van der Waals surface area contributed by atoms with Crippen molar-refractivity contribution in [2.45, 2.75) is 69.7 Å². The summed E-state index contributed by atoms with van der Waals surface area (Å²) in [6.07, 6.45) is 9.72. The minimum absolute atomic E-state index is 0.186. The van der Waals surface area contributed by atoms with Gasteiger partial charge in [0.25, 0.3) is 0 Å². The SMILES string of the molecule is CC[C@H]1C[C@H]2C[C@H]3C4NC5CCC(O)C=C5C4CCN(C2)C13. The maximum atomic E-state index is 10.1. The van der Waals surface area contributed by atoms with Gasteiger partial charge in [0.1, 0.15) is 0 Å². The fourth-order valence-electron chi connectivity index (χ4n) is 6.83. The quantitative estimate of drug-likeness (QED) is 0.729. The molecule has 5 fully saturated rings. The number of nitrogens with zero attached hydrogens (tertiary/aromatic N) is 1. The third-order valence-electron chi connectivity index (χ3n) is 7.58. The molecule has 3 nitrogen and oxygen atoms in total. The van der Waals surface area contributed by atoms with E-state index in [1.807, 2.05) is 0 Å². The van der Waals surface area contributed by atoms with Crippen molar-refractivity contribution in [3.8, 4) is 0 Å². The van der Waals surface area contributed by atoms with Gasteiger partial charge < -0.3 is 10.4 Å². The summed E-state index contributed by atoms with van der Waals surface area (Å²) in [5.41, 5.74) is 1.57. The lowest BCUT2D eigenvalue weighted by Gasteiger charge is -2.54. The zero-order valence-electron chi connectivity index (χ0n) is 13.7. The molecule has 1 saturated carbocycles. The van der Waals surface area contributed by atoms with Gasteiger partial charge >= 0.3 is 0 Å². The van der Waals surface area contributed by atoms with Crippen LogP contribution in [0.15, 0.2) is 11.6 Å². The molecule has 22 heavy (non-hydrogen) atoms. The van der Waals surface area contributed by atoms with Gasteiger partial charge in [-0.1, -0.05) is 25.0 Å². The molecule has 9 atom stereocenters. The Bertz CT molecular complexity index is 490. The van der Waals surface area contributed by atoms with Gasteiger partial charge in [0.2, 0.25) is 0 Å². The third-order valence-corrected chi connectivity index (χ3v) is 7.58. The van der Waals surface area contributed by atoms with Gasteiger partial charge in [-0.15, -0.1) is 0 Å². The topological polar surface area (TPSA) is 35.5 Å². The van der Waals surface area contributed by atoms with Crippen LogP contribution in [0.1, 0.15) is 45.4 Å². The highest BCUT2D eigenvalue weighted by Gasteiger charge is 2.54. The van der Waals surface area contributed by atoms with Crippen LogP contribution in [0.5, 0.6) is 0 Å². The second kappa shape index (κ2) is 5.06. The van der Waals surface area contributed by atoms with Crippen LogP contribution in [0.2, 0.25) is 0 Å². The Morgan fingerprint density at radius 2 is 2.18 bits per heavy atom. The molecule has 4 bridgehead atoms. The fourth-order valence-corrected chi connectivity index (χ4v) is 6.83. The molecular formula is C19H30N2O. The van der Waals surface area contributed by atoms with Crippen LogP contribution in [0.25, 0.3) is 0 Å². The molecule has 2 N–H and O–H groups in total. The fraction of sp³-hybridized carbons (Fsp3) is 0.895. The van der Waals surface area contributed by atoms with Gasteiger partial charge in [-0.3, -0.25) is 4.90 Å². The second-order valence-electron chi connectivity index (χ2n) is 8.61. The van der Waals surface area contributed by atoms with Crippen molar-refractivity contribution >= 4 is 0 Å². The van der Waals surface area contributed by atoms with Gasteiger partial charge in [-0.25, -0.2) is 0 Å². The molecule has 6 unspecified atom stereocenters. The molecule has 0 aromatic heterocycles. The first kappa shape index (κ1) is 14.0. The Kier molecular flexibility index (Phi) is 3.22. The van der Waals surface area contributed by atoms with E-state index >= 15 is 0 Å². The largest absolute Gasteiger partial charge is 0.389 e. The minimum Gasteiger partial charge on any atom is -0.389 e. The van der Waals surface area contributed by atoms with Crippen molar-refractivity contribution in [1.82, 2.24) is 10.2 Å². The summed E-state index contributed by atoms with van der Waals surface area (Å²) < 4.78 is 0. The summed E-state index contributed by atoms with van der Waals surface area (Å²) >= 11 is 0. The Morgan fingerprint density at radius 3 is 3.05 bits per heavy atom. The van der Waals surface area contributed by atoms with Crippen molar-refractivity contribution in [1.29, 1.82) is 0 Å². The number of piperidine rings is 2. The van der Waals surface area contributed by atoms with Gasteiger partial charge in [0.15, 0.2) is 0 Å². The first-order valence-corrected chi connectivity index (χ1v) is 9.64. The van der Waals surface area contributed by atoms with E-state index in [-0.39, 0.29) is 6.10 Å². The molecule has 4 heterocycles. The van der Waals surface area contributed by atoms with E-state index in [1.54, 1.807) is 5.57 Å². The molecule has 6 aliphatic rings. The minimum atomic E-state index is -0.186. The van der Waals surface area contributed by atoms with Crippen LogP contribution in [-0.4, -0.2) is 47.3 Å². The predicted molar refractivity (Wildman–Crippen MR) is 87.5 cm³/mol.